The topological polar surface area (TPSA) is 72.8 Å². The summed E-state index contributed by atoms with van der Waals surface area (Å²) in [6.07, 6.45) is -3.85. The van der Waals surface area contributed by atoms with Crippen molar-refractivity contribution < 1.29 is 13.2 Å². The van der Waals surface area contributed by atoms with Gasteiger partial charge in [0.15, 0.2) is 0 Å². The second-order valence-corrected chi connectivity index (χ2v) is 7.19. The number of hydrogen-bond acceptors (Lipinski definition) is 4. The fraction of sp³-hybridized carbons (Fsp3) is 0.227. The number of nitrogens with one attached hydrogen (secondary N) is 1. The smallest absolute Gasteiger partial charge is 0.306 e. The molecule has 8 heteroatoms. The van der Waals surface area contributed by atoms with E-state index in [9.17, 15) is 18.0 Å². The maximum Gasteiger partial charge on any atom is 0.416 e. The van der Waals surface area contributed by atoms with Gasteiger partial charge in [-0.15, -0.1) is 0 Å². The fourth-order valence-electron chi connectivity index (χ4n) is 3.57. The Labute approximate surface area is 170 Å². The van der Waals surface area contributed by atoms with Crippen LogP contribution in [0.15, 0.2) is 53.3 Å². The van der Waals surface area contributed by atoms with Gasteiger partial charge in [-0.25, -0.2) is 4.98 Å². The molecule has 3 aromatic rings. The molecule has 0 saturated carbocycles. The number of halogens is 3. The Morgan fingerprint density at radius 2 is 1.93 bits per heavy atom. The second kappa shape index (κ2) is 7.76. The summed E-state index contributed by atoms with van der Waals surface area (Å²) in [5.41, 5.74) is 2.20. The lowest BCUT2D eigenvalue weighted by Gasteiger charge is -2.27. The van der Waals surface area contributed by atoms with Crippen molar-refractivity contribution in [3.05, 3.63) is 86.8 Å². The number of rotatable bonds is 3. The van der Waals surface area contributed by atoms with Crippen molar-refractivity contribution in [2.24, 2.45) is 0 Å². The molecule has 0 radical (unpaired) electrons. The minimum absolute atomic E-state index is 0.266. The predicted molar refractivity (Wildman–Crippen MR) is 104 cm³/mol. The number of aromatic amines is 1. The van der Waals surface area contributed by atoms with Gasteiger partial charge in [-0.1, -0.05) is 24.3 Å². The van der Waals surface area contributed by atoms with E-state index in [0.29, 0.717) is 48.4 Å². The van der Waals surface area contributed by atoms with Crippen molar-refractivity contribution in [2.75, 3.05) is 6.54 Å². The lowest BCUT2D eigenvalue weighted by atomic mass is 10.0. The monoisotopic (exact) mass is 410 g/mol. The molecular formula is C22H17F3N4O. The van der Waals surface area contributed by atoms with Crippen LogP contribution in [-0.4, -0.2) is 21.4 Å². The molecule has 0 bridgehead atoms. The Balaban J connectivity index is 1.55. The van der Waals surface area contributed by atoms with E-state index in [1.54, 1.807) is 6.07 Å². The third kappa shape index (κ3) is 4.11. The highest BCUT2D eigenvalue weighted by Gasteiger charge is 2.30. The minimum atomic E-state index is -4.41. The van der Waals surface area contributed by atoms with E-state index >= 15 is 0 Å². The molecule has 2 aromatic carbocycles. The minimum Gasteiger partial charge on any atom is -0.306 e. The van der Waals surface area contributed by atoms with Crippen molar-refractivity contribution in [1.82, 2.24) is 14.9 Å². The van der Waals surface area contributed by atoms with Crippen molar-refractivity contribution in [3.8, 4) is 17.5 Å². The van der Waals surface area contributed by atoms with Gasteiger partial charge in [0.2, 0.25) is 0 Å². The maximum atomic E-state index is 12.8. The number of fused-ring (bicyclic) bond motifs is 1. The Kier molecular flexibility index (Phi) is 5.14. The van der Waals surface area contributed by atoms with E-state index in [2.05, 4.69) is 20.9 Å². The molecule has 0 aliphatic carbocycles. The fourth-order valence-corrected chi connectivity index (χ4v) is 3.57. The van der Waals surface area contributed by atoms with Gasteiger partial charge >= 0.3 is 6.18 Å². The first-order chi connectivity index (χ1) is 14.3. The summed E-state index contributed by atoms with van der Waals surface area (Å²) in [4.78, 5) is 21.9. The summed E-state index contributed by atoms with van der Waals surface area (Å²) in [6.45, 7) is 1.71. The van der Waals surface area contributed by atoms with Crippen molar-refractivity contribution in [1.29, 1.82) is 5.26 Å². The molecule has 2 heterocycles. The molecule has 1 aliphatic rings. The molecule has 0 saturated heterocycles. The molecule has 152 valence electrons. The Morgan fingerprint density at radius 1 is 1.17 bits per heavy atom. The van der Waals surface area contributed by atoms with Crippen LogP contribution in [0.4, 0.5) is 13.2 Å². The Bertz CT molecular complexity index is 1180. The van der Waals surface area contributed by atoms with Gasteiger partial charge in [-0.2, -0.15) is 18.4 Å². The van der Waals surface area contributed by atoms with Crippen LogP contribution < -0.4 is 5.56 Å². The molecule has 0 spiro atoms. The quantitative estimate of drug-likeness (QED) is 0.711. The Hall–Kier alpha value is -3.44. The molecule has 1 aromatic heterocycles. The average molecular weight is 410 g/mol. The zero-order chi connectivity index (χ0) is 21.3. The summed E-state index contributed by atoms with van der Waals surface area (Å²) in [5.74, 6) is 0.266. The van der Waals surface area contributed by atoms with Gasteiger partial charge in [0.1, 0.15) is 5.82 Å². The van der Waals surface area contributed by atoms with E-state index in [-0.39, 0.29) is 11.4 Å². The average Bonchev–Trinajstić information content (AvgIpc) is 2.73. The van der Waals surface area contributed by atoms with Crippen LogP contribution in [0, 0.1) is 11.3 Å². The number of alkyl halides is 3. The highest BCUT2D eigenvalue weighted by atomic mass is 19.4. The SMILES string of the molecule is N#Cc1cccc(CN2CCc3nc(-c4ccc(C(F)(F)F)cc4)[nH]c(=O)c3C2)c1. The van der Waals surface area contributed by atoms with E-state index in [1.165, 1.54) is 12.1 Å². The summed E-state index contributed by atoms with van der Waals surface area (Å²) in [6, 6.07) is 14.0. The second-order valence-electron chi connectivity index (χ2n) is 7.19. The normalized spacial score (nSPS) is 14.2. The number of nitriles is 1. The van der Waals surface area contributed by atoms with Crippen LogP contribution in [0.25, 0.3) is 11.4 Å². The summed E-state index contributed by atoms with van der Waals surface area (Å²) in [7, 11) is 0. The van der Waals surface area contributed by atoms with Crippen LogP contribution in [0.1, 0.15) is 27.9 Å². The third-order valence-electron chi connectivity index (χ3n) is 5.10. The van der Waals surface area contributed by atoms with Crippen LogP contribution >= 0.6 is 0 Å². The molecule has 0 amide bonds. The van der Waals surface area contributed by atoms with Crippen LogP contribution in [0.2, 0.25) is 0 Å². The predicted octanol–water partition coefficient (Wildman–Crippen LogP) is 3.89. The molecular weight excluding hydrogens is 393 g/mol. The van der Waals surface area contributed by atoms with Gasteiger partial charge < -0.3 is 4.98 Å². The van der Waals surface area contributed by atoms with Crippen LogP contribution in [-0.2, 0) is 25.7 Å². The standard InChI is InChI=1S/C22H17F3N4O/c23-22(24,25)17-6-4-16(5-7-17)20-27-19-8-9-29(13-18(19)21(30)28-20)12-15-3-1-2-14(10-15)11-26/h1-7,10H,8-9,12-13H2,(H,27,28,30). The van der Waals surface area contributed by atoms with Crippen molar-refractivity contribution in [2.45, 2.75) is 25.7 Å². The number of nitrogens with zero attached hydrogens (tertiary/aromatic N) is 3. The van der Waals surface area contributed by atoms with E-state index in [0.717, 1.165) is 17.7 Å². The first-order valence-corrected chi connectivity index (χ1v) is 9.34. The zero-order valence-corrected chi connectivity index (χ0v) is 15.8. The molecule has 4 rings (SSSR count). The molecule has 0 unspecified atom stereocenters. The number of H-pyrrole nitrogens is 1. The lowest BCUT2D eigenvalue weighted by molar-refractivity contribution is -0.137. The van der Waals surface area contributed by atoms with Gasteiger partial charge in [0, 0.05) is 31.6 Å². The van der Waals surface area contributed by atoms with Crippen molar-refractivity contribution >= 4 is 0 Å². The maximum absolute atomic E-state index is 12.8. The molecule has 0 fully saturated rings. The summed E-state index contributed by atoms with van der Waals surface area (Å²) >= 11 is 0. The number of hydrogen-bond donors (Lipinski definition) is 1. The highest BCUT2D eigenvalue weighted by Crippen LogP contribution is 2.30. The third-order valence-corrected chi connectivity index (χ3v) is 5.10. The van der Waals surface area contributed by atoms with E-state index < -0.39 is 11.7 Å². The Morgan fingerprint density at radius 3 is 2.63 bits per heavy atom. The number of benzene rings is 2. The van der Waals surface area contributed by atoms with Gasteiger partial charge in [-0.3, -0.25) is 9.69 Å². The van der Waals surface area contributed by atoms with Gasteiger partial charge in [0.25, 0.3) is 5.56 Å². The summed E-state index contributed by atoms with van der Waals surface area (Å²) in [5, 5.41) is 9.04. The molecule has 0 atom stereocenters. The zero-order valence-electron chi connectivity index (χ0n) is 15.8. The number of aromatic nitrogens is 2. The van der Waals surface area contributed by atoms with Gasteiger partial charge in [-0.05, 0) is 29.8 Å². The van der Waals surface area contributed by atoms with Crippen molar-refractivity contribution in [3.63, 3.8) is 0 Å². The molecule has 5 nitrogen and oxygen atoms in total. The first kappa shape index (κ1) is 19.9. The lowest BCUT2D eigenvalue weighted by Crippen LogP contribution is -2.35. The molecule has 30 heavy (non-hydrogen) atoms. The molecule has 1 aliphatic heterocycles. The first-order valence-electron chi connectivity index (χ1n) is 9.34. The van der Waals surface area contributed by atoms with E-state index in [1.807, 2.05) is 18.2 Å². The molecule has 1 N–H and O–H groups in total. The summed E-state index contributed by atoms with van der Waals surface area (Å²) < 4.78 is 38.3. The van der Waals surface area contributed by atoms with Gasteiger partial charge in [0.05, 0.1) is 28.5 Å². The van der Waals surface area contributed by atoms with E-state index in [4.69, 9.17) is 5.26 Å². The van der Waals surface area contributed by atoms with Crippen LogP contribution in [0.5, 0.6) is 0 Å². The largest absolute Gasteiger partial charge is 0.416 e. The van der Waals surface area contributed by atoms with Crippen LogP contribution in [0.3, 0.4) is 0 Å². The highest BCUT2D eigenvalue weighted by molar-refractivity contribution is 5.56.